The molecule has 2 fully saturated rings. The van der Waals surface area contributed by atoms with E-state index in [2.05, 4.69) is 6.92 Å². The van der Waals surface area contributed by atoms with Crippen molar-refractivity contribution in [3.05, 3.63) is 0 Å². The number of carbonyl (C=O) groups excluding carboxylic acids is 1. The Kier molecular flexibility index (Phi) is 3.29. The van der Waals surface area contributed by atoms with E-state index < -0.39 is 0 Å². The van der Waals surface area contributed by atoms with Gasteiger partial charge >= 0.3 is 0 Å². The van der Waals surface area contributed by atoms with Gasteiger partial charge in [-0.1, -0.05) is 13.3 Å². The van der Waals surface area contributed by atoms with Crippen LogP contribution in [0.4, 0.5) is 0 Å². The first-order valence-electron chi connectivity index (χ1n) is 6.18. The Labute approximate surface area is 92.0 Å². The summed E-state index contributed by atoms with van der Waals surface area (Å²) >= 11 is 0. The fourth-order valence-electron chi connectivity index (χ4n) is 2.90. The van der Waals surface area contributed by atoms with E-state index in [1.54, 1.807) is 0 Å². The molecule has 3 heteroatoms. The van der Waals surface area contributed by atoms with Crippen LogP contribution in [0, 0.1) is 11.8 Å². The molecular formula is C12H22N2O. The number of carbonyl (C=O) groups is 1. The third-order valence-corrected chi connectivity index (χ3v) is 3.84. The van der Waals surface area contributed by atoms with Gasteiger partial charge in [-0.3, -0.25) is 4.79 Å². The Morgan fingerprint density at radius 3 is 2.73 bits per heavy atom. The number of rotatable bonds is 2. The summed E-state index contributed by atoms with van der Waals surface area (Å²) in [5, 5.41) is 0. The van der Waals surface area contributed by atoms with Crippen molar-refractivity contribution in [3.63, 3.8) is 0 Å². The Hall–Kier alpha value is -0.570. The highest BCUT2D eigenvalue weighted by molar-refractivity contribution is 5.76. The third kappa shape index (κ3) is 2.71. The van der Waals surface area contributed by atoms with Crippen LogP contribution >= 0.6 is 0 Å². The van der Waals surface area contributed by atoms with Crippen LogP contribution in [0.15, 0.2) is 0 Å². The van der Waals surface area contributed by atoms with Crippen LogP contribution in [0.25, 0.3) is 0 Å². The van der Waals surface area contributed by atoms with Gasteiger partial charge in [-0.15, -0.1) is 0 Å². The molecule has 2 unspecified atom stereocenters. The summed E-state index contributed by atoms with van der Waals surface area (Å²) in [5.41, 5.74) is 5.80. The van der Waals surface area contributed by atoms with Crippen LogP contribution in [0.1, 0.15) is 39.0 Å². The third-order valence-electron chi connectivity index (χ3n) is 3.84. The van der Waals surface area contributed by atoms with Gasteiger partial charge in [-0.2, -0.15) is 0 Å². The van der Waals surface area contributed by atoms with Crippen molar-refractivity contribution in [2.45, 2.75) is 45.1 Å². The lowest BCUT2D eigenvalue weighted by Crippen LogP contribution is -2.32. The summed E-state index contributed by atoms with van der Waals surface area (Å²) in [7, 11) is 0. The van der Waals surface area contributed by atoms with E-state index in [0.717, 1.165) is 31.8 Å². The van der Waals surface area contributed by atoms with E-state index in [4.69, 9.17) is 5.73 Å². The molecule has 0 spiro atoms. The number of amides is 1. The highest BCUT2D eigenvalue weighted by atomic mass is 16.2. The van der Waals surface area contributed by atoms with Gasteiger partial charge in [0.2, 0.25) is 5.91 Å². The van der Waals surface area contributed by atoms with Crippen LogP contribution in [-0.4, -0.2) is 29.9 Å². The standard InChI is InChI=1S/C12H22N2O/c1-9-2-3-10(6-9)7-12(15)14-5-4-11(13)8-14/h9-11H,2-8,13H2,1H3/t9?,10?,11-/m0/s1. The van der Waals surface area contributed by atoms with Crippen LogP contribution in [0.2, 0.25) is 0 Å². The number of hydrogen-bond acceptors (Lipinski definition) is 2. The van der Waals surface area contributed by atoms with Gasteiger partial charge in [-0.25, -0.2) is 0 Å². The van der Waals surface area contributed by atoms with E-state index in [-0.39, 0.29) is 6.04 Å². The minimum Gasteiger partial charge on any atom is -0.341 e. The zero-order valence-corrected chi connectivity index (χ0v) is 9.61. The quantitative estimate of drug-likeness (QED) is 0.748. The first kappa shape index (κ1) is 10.9. The normalized spacial score (nSPS) is 36.1. The van der Waals surface area contributed by atoms with Crippen molar-refractivity contribution in [2.75, 3.05) is 13.1 Å². The number of nitrogens with zero attached hydrogens (tertiary/aromatic N) is 1. The minimum absolute atomic E-state index is 0.219. The molecule has 3 nitrogen and oxygen atoms in total. The van der Waals surface area contributed by atoms with Gasteiger partial charge in [0, 0.05) is 25.6 Å². The first-order valence-corrected chi connectivity index (χ1v) is 6.18. The van der Waals surface area contributed by atoms with Crippen LogP contribution in [-0.2, 0) is 4.79 Å². The molecule has 3 atom stereocenters. The lowest BCUT2D eigenvalue weighted by atomic mass is 10.0. The van der Waals surface area contributed by atoms with Gasteiger partial charge in [-0.05, 0) is 31.1 Å². The molecule has 0 bridgehead atoms. The zero-order chi connectivity index (χ0) is 10.8. The molecular weight excluding hydrogens is 188 g/mol. The topological polar surface area (TPSA) is 46.3 Å². The highest BCUT2D eigenvalue weighted by Crippen LogP contribution is 2.33. The molecule has 0 aromatic rings. The maximum Gasteiger partial charge on any atom is 0.222 e. The molecule has 2 N–H and O–H groups in total. The van der Waals surface area contributed by atoms with Gasteiger partial charge in [0.1, 0.15) is 0 Å². The predicted molar refractivity (Wildman–Crippen MR) is 60.3 cm³/mol. The van der Waals surface area contributed by atoms with Gasteiger partial charge in [0.15, 0.2) is 0 Å². The SMILES string of the molecule is CC1CCC(CC(=O)N2CC[C@H](N)C2)C1. The molecule has 2 rings (SSSR count). The lowest BCUT2D eigenvalue weighted by molar-refractivity contribution is -0.131. The second kappa shape index (κ2) is 4.52. The number of nitrogens with two attached hydrogens (primary N) is 1. The number of likely N-dealkylation sites (tertiary alicyclic amines) is 1. The van der Waals surface area contributed by atoms with E-state index in [1.807, 2.05) is 4.90 Å². The van der Waals surface area contributed by atoms with Crippen LogP contribution in [0.3, 0.4) is 0 Å². The monoisotopic (exact) mass is 210 g/mol. The van der Waals surface area contributed by atoms with E-state index in [0.29, 0.717) is 11.8 Å². The van der Waals surface area contributed by atoms with Crippen molar-refractivity contribution < 1.29 is 4.79 Å². The zero-order valence-electron chi connectivity index (χ0n) is 9.61. The summed E-state index contributed by atoms with van der Waals surface area (Å²) < 4.78 is 0. The molecule has 1 saturated heterocycles. The fraction of sp³-hybridized carbons (Fsp3) is 0.917. The van der Waals surface area contributed by atoms with Crippen molar-refractivity contribution in [1.29, 1.82) is 0 Å². The molecule has 86 valence electrons. The second-order valence-electron chi connectivity index (χ2n) is 5.38. The average molecular weight is 210 g/mol. The second-order valence-corrected chi connectivity index (χ2v) is 5.38. The van der Waals surface area contributed by atoms with Gasteiger partial charge < -0.3 is 10.6 Å². The van der Waals surface area contributed by atoms with Crippen LogP contribution in [0.5, 0.6) is 0 Å². The molecule has 0 radical (unpaired) electrons. The Balaban J connectivity index is 1.77. The molecule has 2 aliphatic rings. The van der Waals surface area contributed by atoms with Crippen molar-refractivity contribution in [2.24, 2.45) is 17.6 Å². The average Bonchev–Trinajstić information content (AvgIpc) is 2.75. The van der Waals surface area contributed by atoms with Gasteiger partial charge in [0.05, 0.1) is 0 Å². The summed E-state index contributed by atoms with van der Waals surface area (Å²) in [5.74, 6) is 1.80. The maximum absolute atomic E-state index is 11.9. The maximum atomic E-state index is 11.9. The largest absolute Gasteiger partial charge is 0.341 e. The summed E-state index contributed by atoms with van der Waals surface area (Å²) in [6.07, 6.45) is 5.53. The van der Waals surface area contributed by atoms with Crippen LogP contribution < -0.4 is 5.73 Å². The Morgan fingerprint density at radius 1 is 1.40 bits per heavy atom. The van der Waals surface area contributed by atoms with Crippen molar-refractivity contribution >= 4 is 5.91 Å². The van der Waals surface area contributed by atoms with E-state index in [9.17, 15) is 4.79 Å². The molecule has 1 heterocycles. The Morgan fingerprint density at radius 2 is 2.20 bits per heavy atom. The molecule has 0 aromatic heterocycles. The van der Waals surface area contributed by atoms with E-state index >= 15 is 0 Å². The summed E-state index contributed by atoms with van der Waals surface area (Å²) in [6, 6.07) is 0.219. The summed E-state index contributed by atoms with van der Waals surface area (Å²) in [4.78, 5) is 13.9. The summed E-state index contributed by atoms with van der Waals surface area (Å²) in [6.45, 7) is 3.94. The smallest absolute Gasteiger partial charge is 0.222 e. The highest BCUT2D eigenvalue weighted by Gasteiger charge is 2.28. The van der Waals surface area contributed by atoms with Crippen molar-refractivity contribution in [3.8, 4) is 0 Å². The van der Waals surface area contributed by atoms with Crippen molar-refractivity contribution in [1.82, 2.24) is 4.90 Å². The van der Waals surface area contributed by atoms with Gasteiger partial charge in [0.25, 0.3) is 0 Å². The molecule has 0 aromatic carbocycles. The molecule has 1 aliphatic heterocycles. The molecule has 1 amide bonds. The number of hydrogen-bond donors (Lipinski definition) is 1. The first-order chi connectivity index (χ1) is 7.15. The molecule has 1 saturated carbocycles. The lowest BCUT2D eigenvalue weighted by Gasteiger charge is -2.18. The fourth-order valence-corrected chi connectivity index (χ4v) is 2.90. The molecule has 1 aliphatic carbocycles. The molecule has 15 heavy (non-hydrogen) atoms. The predicted octanol–water partition coefficient (Wildman–Crippen LogP) is 1.37. The van der Waals surface area contributed by atoms with E-state index in [1.165, 1.54) is 19.3 Å². The Bertz CT molecular complexity index is 242. The minimum atomic E-state index is 0.219.